The van der Waals surface area contributed by atoms with Crippen LogP contribution in [0, 0.1) is 41.4 Å². The lowest BCUT2D eigenvalue weighted by atomic mass is 9.78. The molecule has 12 amide bonds. The third-order valence-electron chi connectivity index (χ3n) is 24.3. The SMILES string of the molecule is CCO[C@@H]1C[C@H]2C(=O)NC3(CCCC3)C(=O)N(C)[C@@H](C3CCCC3)C(=O)N(C)[C@H](C(=O)N(C)C)CC(=O)N(C)[C@@H](CC)C(=O)N[C@@H]([C@@H](C)CC)C(=O)N(C)CC(=O)N(C)[C@H]3CC[C@@H](C)CN(C3=O)[C@@H](CC3CCC(C(F)(F)F)CC3)C(=O)N(C)CC(=O)N[C@@H](CCC3CCC(C(F)(F)F)C(Cl)C3)C(=O)N2C1. The summed E-state index contributed by atoms with van der Waals surface area (Å²) in [4.78, 5) is 192. The summed E-state index contributed by atoms with van der Waals surface area (Å²) in [5.41, 5.74) is -1.65. The van der Waals surface area contributed by atoms with Gasteiger partial charge in [-0.25, -0.2) is 0 Å². The number of amides is 12. The Morgan fingerprint density at radius 2 is 1.25 bits per heavy atom. The van der Waals surface area contributed by atoms with Crippen molar-refractivity contribution in [1.29, 1.82) is 0 Å². The Hall–Kier alpha value is -6.53. The van der Waals surface area contributed by atoms with E-state index in [4.69, 9.17) is 16.3 Å². The van der Waals surface area contributed by atoms with Crippen LogP contribution in [0.5, 0.6) is 0 Å². The number of carbonyl (C=O) groups is 12. The highest BCUT2D eigenvalue weighted by Crippen LogP contribution is 2.45. The zero-order chi connectivity index (χ0) is 78.8. The molecule has 2 bridgehead atoms. The van der Waals surface area contributed by atoms with Crippen molar-refractivity contribution in [3.63, 3.8) is 0 Å². The first-order valence-electron chi connectivity index (χ1n) is 38.4. The number of likely N-dealkylation sites (N-methyl/N-ethyl adjacent to an activating group) is 7. The van der Waals surface area contributed by atoms with E-state index in [0.29, 0.717) is 51.4 Å². The molecular weight excluding hydrogens is 1410 g/mol. The van der Waals surface area contributed by atoms with E-state index in [-0.39, 0.29) is 122 Å². The van der Waals surface area contributed by atoms with Crippen molar-refractivity contribution in [2.75, 3.05) is 89.2 Å². The van der Waals surface area contributed by atoms with E-state index in [1.165, 1.54) is 80.9 Å². The lowest BCUT2D eigenvalue weighted by molar-refractivity contribution is -0.184. The van der Waals surface area contributed by atoms with Crippen LogP contribution in [0.3, 0.4) is 0 Å². The van der Waals surface area contributed by atoms with Gasteiger partial charge in [0.2, 0.25) is 70.9 Å². The monoisotopic (exact) mass is 1530 g/mol. The zero-order valence-corrected chi connectivity index (χ0v) is 65.1. The molecule has 7 rings (SSSR count). The van der Waals surface area contributed by atoms with Gasteiger partial charge in [0, 0.05) is 87.9 Å². The van der Waals surface area contributed by atoms with Crippen molar-refractivity contribution < 1.29 is 88.6 Å². The van der Waals surface area contributed by atoms with Gasteiger partial charge in [0.05, 0.1) is 37.5 Å². The Bertz CT molecular complexity index is 3130. The van der Waals surface area contributed by atoms with E-state index in [1.807, 2.05) is 6.92 Å². The molecule has 7 aliphatic rings. The summed E-state index contributed by atoms with van der Waals surface area (Å²) in [6, 6.07) is -10.7. The van der Waals surface area contributed by atoms with Crippen molar-refractivity contribution in [3.05, 3.63) is 0 Å². The molecule has 3 aliphatic heterocycles. The average Bonchev–Trinajstić information content (AvgIpc) is 1.53. The zero-order valence-electron chi connectivity index (χ0n) is 64.3. The molecule has 25 nitrogen and oxygen atoms in total. The molecule has 4 aliphatic carbocycles. The minimum absolute atomic E-state index is 0.0192. The van der Waals surface area contributed by atoms with E-state index >= 15 is 28.8 Å². The van der Waals surface area contributed by atoms with E-state index in [9.17, 15) is 55.1 Å². The lowest BCUT2D eigenvalue weighted by Crippen LogP contribution is -2.65. The van der Waals surface area contributed by atoms with Crippen LogP contribution in [0.4, 0.5) is 26.3 Å². The van der Waals surface area contributed by atoms with E-state index in [2.05, 4.69) is 16.0 Å². The number of carbonyl (C=O) groups excluding carboxylic acids is 12. The number of halogens is 7. The first-order chi connectivity index (χ1) is 49.7. The molecule has 0 aromatic heterocycles. The summed E-state index contributed by atoms with van der Waals surface area (Å²) in [5.74, 6) is -14.4. The van der Waals surface area contributed by atoms with Crippen LogP contribution >= 0.6 is 11.6 Å². The van der Waals surface area contributed by atoms with E-state index < -0.39 is 204 Å². The standard InChI is InChI=1S/C74H117ClF6N12O13/c1-14-44(5)61-69(103)87(9)42-60(96)89(11)54-32-23-43(4)39-92(68(54)102)57(36-46-24-28-48(29-25-46)73(76,77)78)67(101)86(8)41-58(94)82-52(31-27-45-26-30-50(51(75)35-45)74(79,80)81)65(99)93-40-49(106-16-3)37-55(93)64(98)84-72(33-19-20-34-72)71(105)91(13)62(47-21-17-18-22-47)70(104)90(12)56(66(100)85(6)7)38-59(95)88(10)53(15-2)63(97)83-61/h43-57,61-62H,14-42H2,1-13H3,(H,82,94)(H,83,97)(H,84,98)/t43-,44+,45?,46?,48?,49-,50?,51?,52+,53+,54+,55+,56+,57+,61+,62+/m1/s1. The maximum atomic E-state index is 15.7. The van der Waals surface area contributed by atoms with Crippen LogP contribution in [0.2, 0.25) is 0 Å². The summed E-state index contributed by atoms with van der Waals surface area (Å²) < 4.78 is 90.9. The molecule has 14 atom stereocenters. The number of nitrogens with zero attached hydrogens (tertiary/aromatic N) is 9. The number of hydrogen-bond acceptors (Lipinski definition) is 13. The second-order valence-corrected chi connectivity index (χ2v) is 32.4. The summed E-state index contributed by atoms with van der Waals surface area (Å²) in [6.07, 6.45) is -7.05. The van der Waals surface area contributed by atoms with Crippen LogP contribution < -0.4 is 16.0 Å². The normalized spacial score (nSPS) is 32.2. The molecule has 32 heteroatoms. The molecule has 106 heavy (non-hydrogen) atoms. The van der Waals surface area contributed by atoms with Crippen LogP contribution in [0.1, 0.15) is 189 Å². The first-order valence-corrected chi connectivity index (χ1v) is 38.8. The van der Waals surface area contributed by atoms with Crippen molar-refractivity contribution in [1.82, 2.24) is 60.0 Å². The Balaban J connectivity index is 1.32. The van der Waals surface area contributed by atoms with E-state index in [1.54, 1.807) is 27.7 Å². The molecule has 3 heterocycles. The van der Waals surface area contributed by atoms with Crippen LogP contribution in [0.25, 0.3) is 0 Å². The maximum Gasteiger partial charge on any atom is 0.393 e. The van der Waals surface area contributed by atoms with Crippen molar-refractivity contribution >= 4 is 82.5 Å². The van der Waals surface area contributed by atoms with Gasteiger partial charge < -0.3 is 64.8 Å². The molecule has 1 spiro atoms. The fraction of sp³-hybridized carbons (Fsp3) is 0.838. The highest BCUT2D eigenvalue weighted by Gasteiger charge is 2.54. The summed E-state index contributed by atoms with van der Waals surface area (Å²) in [7, 11) is 11.1. The van der Waals surface area contributed by atoms with Crippen molar-refractivity contribution in [2.45, 2.75) is 266 Å². The number of nitrogens with one attached hydrogen (secondary N) is 3. The number of alkyl halides is 7. The van der Waals surface area contributed by atoms with Gasteiger partial charge in [0.25, 0.3) is 0 Å². The third kappa shape index (κ3) is 20.9. The van der Waals surface area contributed by atoms with E-state index in [0.717, 1.165) is 19.6 Å². The second-order valence-electron chi connectivity index (χ2n) is 31.8. The third-order valence-corrected chi connectivity index (χ3v) is 24.7. The van der Waals surface area contributed by atoms with Gasteiger partial charge >= 0.3 is 12.4 Å². The molecule has 7 fully saturated rings. The molecule has 4 saturated carbocycles. The summed E-state index contributed by atoms with van der Waals surface area (Å²) >= 11 is 6.43. The predicted octanol–water partition coefficient (Wildman–Crippen LogP) is 6.51. The van der Waals surface area contributed by atoms with Gasteiger partial charge in [-0.15, -0.1) is 11.6 Å². The predicted molar refractivity (Wildman–Crippen MR) is 381 cm³/mol. The topological polar surface area (TPSA) is 279 Å². The fourth-order valence-corrected chi connectivity index (χ4v) is 18.0. The highest BCUT2D eigenvalue weighted by molar-refractivity contribution is 6.21. The molecule has 3 N–H and O–H groups in total. The van der Waals surface area contributed by atoms with Gasteiger partial charge in [-0.2, -0.15) is 26.3 Å². The largest absolute Gasteiger partial charge is 0.393 e. The maximum absolute atomic E-state index is 15.7. The van der Waals surface area contributed by atoms with Crippen LogP contribution in [-0.4, -0.2) is 282 Å². The lowest BCUT2D eigenvalue weighted by Gasteiger charge is -2.42. The first kappa shape index (κ1) is 86.7. The van der Waals surface area contributed by atoms with Gasteiger partial charge in [0.1, 0.15) is 53.9 Å². The smallest absolute Gasteiger partial charge is 0.377 e. The molecule has 3 unspecified atom stereocenters. The van der Waals surface area contributed by atoms with Crippen LogP contribution in [0.15, 0.2) is 0 Å². The molecule has 0 aromatic rings. The van der Waals surface area contributed by atoms with Crippen LogP contribution in [-0.2, 0) is 62.3 Å². The molecule has 600 valence electrons. The van der Waals surface area contributed by atoms with Gasteiger partial charge in [-0.1, -0.05) is 59.8 Å². The average molecular weight is 1530 g/mol. The number of fused-ring (bicyclic) bond motifs is 3. The molecule has 0 radical (unpaired) electrons. The quantitative estimate of drug-likeness (QED) is 0.139. The Morgan fingerprint density at radius 3 is 1.82 bits per heavy atom. The second kappa shape index (κ2) is 37.3. The molecule has 3 saturated heterocycles. The summed E-state index contributed by atoms with van der Waals surface area (Å²) in [5, 5.41) is 7.36. The Kier molecular flexibility index (Phi) is 30.5. The Labute approximate surface area is 625 Å². The van der Waals surface area contributed by atoms with Gasteiger partial charge in [-0.3, -0.25) is 57.5 Å². The number of rotatable bonds is 12. The summed E-state index contributed by atoms with van der Waals surface area (Å²) in [6.45, 7) is 7.25. The van der Waals surface area contributed by atoms with Crippen molar-refractivity contribution in [2.24, 2.45) is 41.4 Å². The van der Waals surface area contributed by atoms with Gasteiger partial charge in [-0.05, 0) is 146 Å². The Morgan fingerprint density at radius 1 is 0.623 bits per heavy atom. The number of ether oxygens (including phenoxy) is 1. The number of hydrogen-bond donors (Lipinski definition) is 3. The van der Waals surface area contributed by atoms with Gasteiger partial charge in [0.15, 0.2) is 0 Å². The molecular formula is C74H117ClF6N12O13. The fourth-order valence-electron chi connectivity index (χ4n) is 17.5. The molecule has 0 aromatic carbocycles. The highest BCUT2D eigenvalue weighted by atomic mass is 35.5. The minimum Gasteiger partial charge on any atom is -0.377 e. The van der Waals surface area contributed by atoms with Crippen molar-refractivity contribution in [3.8, 4) is 0 Å². The minimum atomic E-state index is -4.57.